The van der Waals surface area contributed by atoms with E-state index in [0.29, 0.717) is 5.57 Å². The van der Waals surface area contributed by atoms with Crippen molar-refractivity contribution in [1.82, 2.24) is 5.32 Å². The first-order chi connectivity index (χ1) is 5.07. The standard InChI is InChI=1S/C7H13NO3/c1-5(2)7(10)11-6(3)8-4-9/h6,8-9H,1,4H2,2-3H3. The molecule has 64 valence electrons. The van der Waals surface area contributed by atoms with Crippen LogP contribution in [0.2, 0.25) is 0 Å². The number of rotatable bonds is 4. The SMILES string of the molecule is C=C(C)C(=O)OC(C)NCO. The van der Waals surface area contributed by atoms with Gasteiger partial charge in [0, 0.05) is 5.57 Å². The van der Waals surface area contributed by atoms with E-state index in [0.717, 1.165) is 0 Å². The van der Waals surface area contributed by atoms with Crippen molar-refractivity contribution in [3.63, 3.8) is 0 Å². The average Bonchev–Trinajstić information content (AvgIpc) is 1.87. The van der Waals surface area contributed by atoms with Crippen LogP contribution in [0.3, 0.4) is 0 Å². The Morgan fingerprint density at radius 3 is 2.73 bits per heavy atom. The summed E-state index contributed by atoms with van der Waals surface area (Å²) in [5, 5.41) is 10.9. The molecule has 0 fully saturated rings. The summed E-state index contributed by atoms with van der Waals surface area (Å²) in [4.78, 5) is 10.8. The van der Waals surface area contributed by atoms with Crippen molar-refractivity contribution in [1.29, 1.82) is 0 Å². The highest BCUT2D eigenvalue weighted by Crippen LogP contribution is 1.94. The zero-order chi connectivity index (χ0) is 8.85. The van der Waals surface area contributed by atoms with Gasteiger partial charge < -0.3 is 9.84 Å². The maximum atomic E-state index is 10.8. The van der Waals surface area contributed by atoms with Crippen LogP contribution in [-0.4, -0.2) is 24.0 Å². The number of carbonyl (C=O) groups is 1. The Hall–Kier alpha value is -0.870. The van der Waals surface area contributed by atoms with Crippen LogP contribution in [0.25, 0.3) is 0 Å². The molecule has 0 aromatic carbocycles. The van der Waals surface area contributed by atoms with Crippen LogP contribution >= 0.6 is 0 Å². The van der Waals surface area contributed by atoms with Crippen LogP contribution in [0.1, 0.15) is 13.8 Å². The summed E-state index contributed by atoms with van der Waals surface area (Å²) in [5.74, 6) is -0.460. The van der Waals surface area contributed by atoms with Gasteiger partial charge in [0.15, 0.2) is 6.23 Å². The lowest BCUT2D eigenvalue weighted by atomic mass is 10.4. The van der Waals surface area contributed by atoms with E-state index in [1.54, 1.807) is 13.8 Å². The number of hydrogen-bond acceptors (Lipinski definition) is 4. The van der Waals surface area contributed by atoms with Gasteiger partial charge in [0.05, 0.1) is 6.73 Å². The number of carbonyl (C=O) groups excluding carboxylic acids is 1. The van der Waals surface area contributed by atoms with Gasteiger partial charge in [-0.2, -0.15) is 0 Å². The van der Waals surface area contributed by atoms with E-state index < -0.39 is 12.2 Å². The quantitative estimate of drug-likeness (QED) is 0.344. The highest BCUT2D eigenvalue weighted by Gasteiger charge is 2.07. The first kappa shape index (κ1) is 10.1. The van der Waals surface area contributed by atoms with Crippen molar-refractivity contribution < 1.29 is 14.6 Å². The van der Waals surface area contributed by atoms with Gasteiger partial charge in [0.1, 0.15) is 0 Å². The van der Waals surface area contributed by atoms with Gasteiger partial charge in [-0.3, -0.25) is 5.32 Å². The third-order valence-corrected chi connectivity index (χ3v) is 1.01. The van der Waals surface area contributed by atoms with Crippen LogP contribution in [0.4, 0.5) is 0 Å². The summed E-state index contributed by atoms with van der Waals surface area (Å²) in [5.41, 5.74) is 0.344. The van der Waals surface area contributed by atoms with Crippen LogP contribution in [0.5, 0.6) is 0 Å². The first-order valence-corrected chi connectivity index (χ1v) is 3.28. The molecule has 0 heterocycles. The molecular formula is C7H13NO3. The fourth-order valence-electron chi connectivity index (χ4n) is 0.431. The van der Waals surface area contributed by atoms with Gasteiger partial charge in [0.25, 0.3) is 0 Å². The summed E-state index contributed by atoms with van der Waals surface area (Å²) >= 11 is 0. The summed E-state index contributed by atoms with van der Waals surface area (Å²) in [6.45, 7) is 6.37. The maximum Gasteiger partial charge on any atom is 0.334 e. The largest absolute Gasteiger partial charge is 0.443 e. The molecule has 4 heteroatoms. The molecule has 0 aliphatic heterocycles. The van der Waals surface area contributed by atoms with E-state index in [4.69, 9.17) is 9.84 Å². The van der Waals surface area contributed by atoms with Crippen molar-refractivity contribution in [2.24, 2.45) is 0 Å². The highest BCUT2D eigenvalue weighted by molar-refractivity contribution is 5.87. The Morgan fingerprint density at radius 1 is 1.82 bits per heavy atom. The molecule has 1 unspecified atom stereocenters. The Kier molecular flexibility index (Phi) is 4.49. The Balaban J connectivity index is 3.66. The number of ether oxygens (including phenoxy) is 1. The molecule has 0 radical (unpaired) electrons. The highest BCUT2D eigenvalue weighted by atomic mass is 16.6. The zero-order valence-corrected chi connectivity index (χ0v) is 6.76. The van der Waals surface area contributed by atoms with Gasteiger partial charge in [-0.15, -0.1) is 0 Å². The minimum absolute atomic E-state index is 0.218. The molecule has 0 amide bonds. The molecular weight excluding hydrogens is 146 g/mol. The Labute approximate surface area is 65.9 Å². The molecule has 0 saturated carbocycles. The summed E-state index contributed by atoms with van der Waals surface area (Å²) in [7, 11) is 0. The smallest absolute Gasteiger partial charge is 0.334 e. The molecule has 2 N–H and O–H groups in total. The predicted molar refractivity (Wildman–Crippen MR) is 40.6 cm³/mol. The normalized spacial score (nSPS) is 12.3. The fourth-order valence-corrected chi connectivity index (χ4v) is 0.431. The fraction of sp³-hybridized carbons (Fsp3) is 0.571. The van der Waals surface area contributed by atoms with Crippen LogP contribution < -0.4 is 5.32 Å². The van der Waals surface area contributed by atoms with Gasteiger partial charge in [-0.1, -0.05) is 6.58 Å². The summed E-state index contributed by atoms with van der Waals surface area (Å²) < 4.78 is 4.74. The minimum atomic E-state index is -0.482. The molecule has 11 heavy (non-hydrogen) atoms. The van der Waals surface area contributed by atoms with E-state index in [-0.39, 0.29) is 6.73 Å². The van der Waals surface area contributed by atoms with Crippen LogP contribution in [0, 0.1) is 0 Å². The second-order valence-corrected chi connectivity index (χ2v) is 2.19. The van der Waals surface area contributed by atoms with Gasteiger partial charge in [0.2, 0.25) is 0 Å². The molecule has 0 aliphatic carbocycles. The molecule has 0 bridgehead atoms. The molecule has 0 saturated heterocycles. The van der Waals surface area contributed by atoms with E-state index in [2.05, 4.69) is 11.9 Å². The molecule has 4 nitrogen and oxygen atoms in total. The monoisotopic (exact) mass is 159 g/mol. The molecule has 1 atom stereocenters. The number of hydrogen-bond donors (Lipinski definition) is 2. The number of aliphatic hydroxyl groups excluding tert-OH is 1. The molecule has 0 aliphatic rings. The Morgan fingerprint density at radius 2 is 2.36 bits per heavy atom. The van der Waals surface area contributed by atoms with Crippen molar-refractivity contribution in [3.8, 4) is 0 Å². The van der Waals surface area contributed by atoms with Crippen LogP contribution in [0.15, 0.2) is 12.2 Å². The predicted octanol–water partition coefficient (Wildman–Crippen LogP) is -0.00890. The molecule has 0 aromatic rings. The summed E-state index contributed by atoms with van der Waals surface area (Å²) in [6.07, 6.45) is -0.482. The van der Waals surface area contributed by atoms with Gasteiger partial charge >= 0.3 is 5.97 Å². The lowest BCUT2D eigenvalue weighted by Crippen LogP contribution is -2.31. The number of esters is 1. The molecule has 0 aromatic heterocycles. The second kappa shape index (κ2) is 4.87. The number of aliphatic hydroxyl groups is 1. The topological polar surface area (TPSA) is 58.6 Å². The maximum absolute atomic E-state index is 10.8. The van der Waals surface area contributed by atoms with Gasteiger partial charge in [-0.05, 0) is 13.8 Å². The van der Waals surface area contributed by atoms with Crippen molar-refractivity contribution in [2.75, 3.05) is 6.73 Å². The Bertz CT molecular complexity index is 156. The molecule has 0 spiro atoms. The second-order valence-electron chi connectivity index (χ2n) is 2.19. The van der Waals surface area contributed by atoms with E-state index in [9.17, 15) is 4.79 Å². The average molecular weight is 159 g/mol. The number of nitrogens with one attached hydrogen (secondary N) is 1. The lowest BCUT2D eigenvalue weighted by Gasteiger charge is -2.12. The third-order valence-electron chi connectivity index (χ3n) is 1.01. The first-order valence-electron chi connectivity index (χ1n) is 3.28. The van der Waals surface area contributed by atoms with Crippen molar-refractivity contribution in [3.05, 3.63) is 12.2 Å². The third kappa shape index (κ3) is 4.52. The van der Waals surface area contributed by atoms with E-state index in [1.165, 1.54) is 0 Å². The van der Waals surface area contributed by atoms with Crippen molar-refractivity contribution in [2.45, 2.75) is 20.1 Å². The summed E-state index contributed by atoms with van der Waals surface area (Å²) in [6, 6.07) is 0. The molecule has 0 rings (SSSR count). The van der Waals surface area contributed by atoms with E-state index in [1.807, 2.05) is 0 Å². The minimum Gasteiger partial charge on any atom is -0.443 e. The van der Waals surface area contributed by atoms with Crippen molar-refractivity contribution >= 4 is 5.97 Å². The zero-order valence-electron chi connectivity index (χ0n) is 6.76. The lowest BCUT2D eigenvalue weighted by molar-refractivity contribution is -0.145. The van der Waals surface area contributed by atoms with E-state index >= 15 is 0 Å². The van der Waals surface area contributed by atoms with Crippen LogP contribution in [-0.2, 0) is 9.53 Å². The van der Waals surface area contributed by atoms with Gasteiger partial charge in [-0.25, -0.2) is 4.79 Å².